The summed E-state index contributed by atoms with van der Waals surface area (Å²) in [6, 6.07) is 80.0. The van der Waals surface area contributed by atoms with Gasteiger partial charge in [0.05, 0.1) is 11.0 Å². The summed E-state index contributed by atoms with van der Waals surface area (Å²) in [5.41, 5.74) is 13.9. The molecule has 12 rings (SSSR count). The highest BCUT2D eigenvalue weighted by atomic mass is 16.3. The van der Waals surface area contributed by atoms with E-state index in [1.54, 1.807) is 0 Å². The van der Waals surface area contributed by atoms with Crippen LogP contribution in [0.3, 0.4) is 0 Å². The van der Waals surface area contributed by atoms with Crippen molar-refractivity contribution >= 4 is 71.5 Å². The van der Waals surface area contributed by atoms with E-state index in [0.717, 1.165) is 66.8 Å². The second-order valence-corrected chi connectivity index (χ2v) is 15.5. The molecule has 0 unspecified atom stereocenters. The number of aromatic nitrogens is 2. The van der Waals surface area contributed by atoms with Crippen LogP contribution in [0.4, 0.5) is 17.1 Å². The Morgan fingerprint density at radius 3 is 1.70 bits per heavy atom. The van der Waals surface area contributed by atoms with E-state index in [0.29, 0.717) is 5.89 Å². The van der Waals surface area contributed by atoms with Crippen LogP contribution in [0, 0.1) is 0 Å². The van der Waals surface area contributed by atoms with Crippen LogP contribution in [-0.2, 0) is 0 Å². The molecule has 0 amide bonds. The average Bonchev–Trinajstić information content (AvgIpc) is 3.92. The highest BCUT2D eigenvalue weighted by Gasteiger charge is 2.20. The first-order valence-corrected chi connectivity index (χ1v) is 20.7. The lowest BCUT2D eigenvalue weighted by atomic mass is 9.96. The molecule has 0 aliphatic rings. The lowest BCUT2D eigenvalue weighted by molar-refractivity contribution is 0.620. The summed E-state index contributed by atoms with van der Waals surface area (Å²) in [5.74, 6) is 0.624. The molecule has 286 valence electrons. The van der Waals surface area contributed by atoms with Crippen LogP contribution in [0.2, 0.25) is 0 Å². The van der Waals surface area contributed by atoms with Crippen LogP contribution >= 0.6 is 0 Å². The van der Waals surface area contributed by atoms with Gasteiger partial charge in [-0.15, -0.1) is 0 Å². The molecule has 0 radical (unpaired) electrons. The second-order valence-electron chi connectivity index (χ2n) is 15.5. The van der Waals surface area contributed by atoms with Crippen LogP contribution in [-0.4, -0.2) is 9.55 Å². The summed E-state index contributed by atoms with van der Waals surface area (Å²) in [5, 5.41) is 7.14. The van der Waals surface area contributed by atoms with Crippen molar-refractivity contribution in [1.29, 1.82) is 0 Å². The topological polar surface area (TPSA) is 34.2 Å². The third-order valence-electron chi connectivity index (χ3n) is 12.0. The quantitative estimate of drug-likeness (QED) is 0.162. The van der Waals surface area contributed by atoms with Crippen LogP contribution < -0.4 is 4.90 Å². The average molecular weight is 780 g/mol. The van der Waals surface area contributed by atoms with Gasteiger partial charge in [-0.2, -0.15) is 0 Å². The summed E-state index contributed by atoms with van der Waals surface area (Å²) >= 11 is 0. The zero-order valence-corrected chi connectivity index (χ0v) is 33.1. The minimum atomic E-state index is 0.624. The van der Waals surface area contributed by atoms with Gasteiger partial charge in [0.25, 0.3) is 0 Å². The minimum absolute atomic E-state index is 0.624. The van der Waals surface area contributed by atoms with Gasteiger partial charge in [-0.3, -0.25) is 0 Å². The van der Waals surface area contributed by atoms with Crippen LogP contribution in [0.5, 0.6) is 0 Å². The van der Waals surface area contributed by atoms with Gasteiger partial charge in [0, 0.05) is 44.5 Å². The molecule has 0 atom stereocenters. The van der Waals surface area contributed by atoms with Gasteiger partial charge in [0.2, 0.25) is 5.89 Å². The van der Waals surface area contributed by atoms with Gasteiger partial charge in [-0.1, -0.05) is 152 Å². The summed E-state index contributed by atoms with van der Waals surface area (Å²) in [6.07, 6.45) is 0. The Balaban J connectivity index is 1.01. The van der Waals surface area contributed by atoms with E-state index < -0.39 is 0 Å². The minimum Gasteiger partial charge on any atom is -0.436 e. The molecule has 0 aliphatic heterocycles. The largest absolute Gasteiger partial charge is 0.436 e. The third kappa shape index (κ3) is 5.88. The fraction of sp³-hybridized carbons (Fsp3) is 0. The molecular formula is C57H37N3O. The monoisotopic (exact) mass is 779 g/mol. The molecule has 12 aromatic rings. The number of benzene rings is 10. The molecule has 0 saturated carbocycles. The smallest absolute Gasteiger partial charge is 0.227 e. The first-order valence-electron chi connectivity index (χ1n) is 20.7. The van der Waals surface area contributed by atoms with E-state index >= 15 is 0 Å². The fourth-order valence-corrected chi connectivity index (χ4v) is 9.16. The molecular weight excluding hydrogens is 743 g/mol. The summed E-state index contributed by atoms with van der Waals surface area (Å²) in [7, 11) is 0. The summed E-state index contributed by atoms with van der Waals surface area (Å²) in [4.78, 5) is 7.34. The first-order chi connectivity index (χ1) is 30.2. The van der Waals surface area contributed by atoms with Crippen molar-refractivity contribution < 1.29 is 4.42 Å². The Kier molecular flexibility index (Phi) is 8.13. The zero-order valence-electron chi connectivity index (χ0n) is 33.1. The van der Waals surface area contributed by atoms with Gasteiger partial charge in [0.15, 0.2) is 5.58 Å². The second kappa shape index (κ2) is 14.3. The Morgan fingerprint density at radius 2 is 0.951 bits per heavy atom. The van der Waals surface area contributed by atoms with E-state index in [-0.39, 0.29) is 0 Å². The number of anilines is 3. The van der Waals surface area contributed by atoms with E-state index in [2.05, 4.69) is 204 Å². The maximum absolute atomic E-state index is 6.44. The summed E-state index contributed by atoms with van der Waals surface area (Å²) < 4.78 is 8.83. The normalized spacial score (nSPS) is 11.6. The highest BCUT2D eigenvalue weighted by Crippen LogP contribution is 2.42. The van der Waals surface area contributed by atoms with Crippen molar-refractivity contribution in [1.82, 2.24) is 9.55 Å². The first kappa shape index (κ1) is 34.8. The predicted molar refractivity (Wildman–Crippen MR) is 254 cm³/mol. The van der Waals surface area contributed by atoms with Crippen molar-refractivity contribution in [2.45, 2.75) is 0 Å². The Labute approximate surface area is 352 Å². The number of para-hydroxylation sites is 2. The summed E-state index contributed by atoms with van der Waals surface area (Å²) in [6.45, 7) is 0. The van der Waals surface area contributed by atoms with Crippen molar-refractivity contribution in [3.8, 4) is 39.4 Å². The Hall–Kier alpha value is -8.21. The standard InChI is InChI=1S/C57H37N3O/c1-3-15-41(16-4-1)57-58-56-51-23-10-9-21-48(51)52(37-55(56)61-57)40-28-32-44(33-29-40)59(43-30-26-39(27-31-43)47-24-13-17-38-14-7-8-20-46(38)47)45-34-35-50-49-22-11-12-25-53(49)60(54(50)36-45)42-18-5-2-6-19-42/h1-37H. The number of oxazole rings is 1. The zero-order chi connectivity index (χ0) is 40.3. The Bertz CT molecular complexity index is 3560. The number of hydrogen-bond donors (Lipinski definition) is 0. The lowest BCUT2D eigenvalue weighted by Gasteiger charge is -2.26. The molecule has 0 fully saturated rings. The molecule has 10 aromatic carbocycles. The van der Waals surface area contributed by atoms with E-state index in [4.69, 9.17) is 9.40 Å². The molecule has 0 N–H and O–H groups in total. The van der Waals surface area contributed by atoms with E-state index in [9.17, 15) is 0 Å². The molecule has 0 saturated heterocycles. The van der Waals surface area contributed by atoms with Crippen LogP contribution in [0.25, 0.3) is 93.8 Å². The van der Waals surface area contributed by atoms with Gasteiger partial charge in [-0.25, -0.2) is 4.98 Å². The van der Waals surface area contributed by atoms with Crippen molar-refractivity contribution in [2.24, 2.45) is 0 Å². The Morgan fingerprint density at radius 1 is 0.377 bits per heavy atom. The highest BCUT2D eigenvalue weighted by molar-refractivity contribution is 6.12. The van der Waals surface area contributed by atoms with E-state index in [1.165, 1.54) is 38.2 Å². The van der Waals surface area contributed by atoms with Gasteiger partial charge >= 0.3 is 0 Å². The lowest BCUT2D eigenvalue weighted by Crippen LogP contribution is -2.10. The molecule has 0 spiro atoms. The molecule has 61 heavy (non-hydrogen) atoms. The molecule has 0 aliphatic carbocycles. The van der Waals surface area contributed by atoms with Gasteiger partial charge < -0.3 is 13.9 Å². The SMILES string of the molecule is c1ccc(-c2nc3c(cc(-c4ccc(N(c5ccc(-c6cccc7ccccc67)cc5)c5ccc6c7ccccc7n(-c7ccccc7)c6c5)cc4)c4ccccc43)o2)cc1. The number of rotatable bonds is 7. The van der Waals surface area contributed by atoms with Crippen molar-refractivity contribution in [3.05, 3.63) is 224 Å². The van der Waals surface area contributed by atoms with Crippen molar-refractivity contribution in [2.75, 3.05) is 4.90 Å². The predicted octanol–water partition coefficient (Wildman–Crippen LogP) is 15.7. The van der Waals surface area contributed by atoms with Gasteiger partial charge in [-0.05, 0) is 111 Å². The molecule has 4 heteroatoms. The maximum Gasteiger partial charge on any atom is 0.227 e. The number of fused-ring (bicyclic) bond motifs is 7. The molecule has 2 heterocycles. The molecule has 0 bridgehead atoms. The maximum atomic E-state index is 6.44. The molecule has 4 nitrogen and oxygen atoms in total. The van der Waals surface area contributed by atoms with Crippen LogP contribution in [0.15, 0.2) is 229 Å². The van der Waals surface area contributed by atoms with E-state index in [1.807, 2.05) is 30.3 Å². The van der Waals surface area contributed by atoms with Crippen molar-refractivity contribution in [3.63, 3.8) is 0 Å². The van der Waals surface area contributed by atoms with Crippen LogP contribution in [0.1, 0.15) is 0 Å². The number of nitrogens with zero attached hydrogens (tertiary/aromatic N) is 3. The van der Waals surface area contributed by atoms with Gasteiger partial charge in [0.1, 0.15) is 5.52 Å². The molecule has 2 aromatic heterocycles. The third-order valence-corrected chi connectivity index (χ3v) is 12.0. The number of hydrogen-bond acceptors (Lipinski definition) is 3. The fourth-order valence-electron chi connectivity index (χ4n) is 9.16.